The van der Waals surface area contributed by atoms with Crippen molar-refractivity contribution in [2.75, 3.05) is 6.61 Å². The highest BCUT2D eigenvalue weighted by Crippen LogP contribution is 2.23. The van der Waals surface area contributed by atoms with Crippen molar-refractivity contribution in [1.82, 2.24) is 0 Å². The molecule has 0 saturated carbocycles. The van der Waals surface area contributed by atoms with E-state index in [1.807, 2.05) is 0 Å². The highest BCUT2D eigenvalue weighted by atomic mass is 32.2. The second-order valence-corrected chi connectivity index (χ2v) is 6.00. The molecular weight excluding hydrogens is 336 g/mol. The van der Waals surface area contributed by atoms with Crippen LogP contribution in [0.15, 0.2) is 53.4 Å². The van der Waals surface area contributed by atoms with Gasteiger partial charge >= 0.3 is 11.9 Å². The molecular formula is C16H14O7S. The van der Waals surface area contributed by atoms with Crippen molar-refractivity contribution in [2.45, 2.75) is 11.8 Å². The molecule has 0 atom stereocenters. The van der Waals surface area contributed by atoms with Crippen LogP contribution < -0.4 is 4.74 Å². The van der Waals surface area contributed by atoms with E-state index >= 15 is 0 Å². The van der Waals surface area contributed by atoms with Gasteiger partial charge in [-0.3, -0.25) is 4.55 Å². The predicted molar refractivity (Wildman–Crippen MR) is 83.6 cm³/mol. The summed E-state index contributed by atoms with van der Waals surface area (Å²) in [5, 5.41) is 0. The Bertz CT molecular complexity index is 857. The summed E-state index contributed by atoms with van der Waals surface area (Å²) < 4.78 is 41.9. The van der Waals surface area contributed by atoms with Crippen LogP contribution in [-0.4, -0.2) is 31.5 Å². The van der Waals surface area contributed by atoms with Gasteiger partial charge < -0.3 is 9.47 Å². The highest BCUT2D eigenvalue weighted by molar-refractivity contribution is 7.86. The molecule has 0 bridgehead atoms. The molecule has 0 aliphatic heterocycles. The van der Waals surface area contributed by atoms with Crippen molar-refractivity contribution in [2.24, 2.45) is 0 Å². The van der Waals surface area contributed by atoms with Crippen LogP contribution >= 0.6 is 0 Å². The minimum atomic E-state index is -4.68. The van der Waals surface area contributed by atoms with Crippen LogP contribution in [-0.2, 0) is 14.9 Å². The van der Waals surface area contributed by atoms with Gasteiger partial charge in [0.15, 0.2) is 0 Å². The number of ether oxygens (including phenoxy) is 2. The lowest BCUT2D eigenvalue weighted by molar-refractivity contribution is 0.0394. The zero-order chi connectivity index (χ0) is 17.7. The molecule has 2 rings (SSSR count). The molecule has 0 saturated heterocycles. The van der Waals surface area contributed by atoms with Gasteiger partial charge in [0, 0.05) is 0 Å². The number of carbonyl (C=O) groups excluding carboxylic acids is 2. The second-order valence-electron chi connectivity index (χ2n) is 4.61. The summed E-state index contributed by atoms with van der Waals surface area (Å²) in [4.78, 5) is 23.4. The summed E-state index contributed by atoms with van der Waals surface area (Å²) in [6.45, 7) is 1.98. The van der Waals surface area contributed by atoms with Crippen LogP contribution in [0.3, 0.4) is 0 Å². The maximum absolute atomic E-state index is 12.2. The molecule has 7 nitrogen and oxygen atoms in total. The van der Waals surface area contributed by atoms with E-state index in [-0.39, 0.29) is 17.9 Å². The zero-order valence-corrected chi connectivity index (χ0v) is 13.4. The Hall–Kier alpha value is -2.71. The molecule has 0 spiro atoms. The fraction of sp³-hybridized carbons (Fsp3) is 0.125. The van der Waals surface area contributed by atoms with Crippen molar-refractivity contribution in [3.63, 3.8) is 0 Å². The highest BCUT2D eigenvalue weighted by Gasteiger charge is 2.24. The van der Waals surface area contributed by atoms with Crippen LogP contribution in [0.1, 0.15) is 27.6 Å². The summed E-state index contributed by atoms with van der Waals surface area (Å²) in [6, 6.07) is 11.1. The van der Waals surface area contributed by atoms with Gasteiger partial charge in [0.05, 0.1) is 17.7 Å². The molecule has 0 heterocycles. The van der Waals surface area contributed by atoms with Crippen molar-refractivity contribution in [1.29, 1.82) is 0 Å². The third kappa shape index (κ3) is 4.18. The van der Waals surface area contributed by atoms with Crippen LogP contribution in [0.2, 0.25) is 0 Å². The van der Waals surface area contributed by atoms with Crippen LogP contribution in [0, 0.1) is 0 Å². The van der Waals surface area contributed by atoms with Crippen molar-refractivity contribution in [3.05, 3.63) is 59.7 Å². The monoisotopic (exact) mass is 350 g/mol. The van der Waals surface area contributed by atoms with E-state index in [4.69, 9.17) is 4.74 Å². The molecule has 0 aromatic heterocycles. The molecule has 0 amide bonds. The molecule has 2 aromatic rings. The number of hydrogen-bond donors (Lipinski definition) is 1. The number of carbonyl (C=O) groups is 2. The summed E-state index contributed by atoms with van der Waals surface area (Å²) in [7, 11) is -4.68. The van der Waals surface area contributed by atoms with E-state index in [2.05, 4.69) is 4.74 Å². The topological polar surface area (TPSA) is 107 Å². The molecule has 24 heavy (non-hydrogen) atoms. The summed E-state index contributed by atoms with van der Waals surface area (Å²) in [5.41, 5.74) is -0.368. The minimum absolute atomic E-state index is 0.125. The van der Waals surface area contributed by atoms with Gasteiger partial charge in [-0.25, -0.2) is 9.59 Å². The van der Waals surface area contributed by atoms with Gasteiger partial charge in [-0.2, -0.15) is 8.42 Å². The van der Waals surface area contributed by atoms with Crippen LogP contribution in [0.5, 0.6) is 5.75 Å². The first-order chi connectivity index (χ1) is 11.3. The number of benzene rings is 2. The van der Waals surface area contributed by atoms with Gasteiger partial charge in [-0.05, 0) is 37.3 Å². The molecule has 8 heteroatoms. The number of esters is 2. The Labute approximate surface area is 138 Å². The third-order valence-corrected chi connectivity index (χ3v) is 3.87. The molecule has 0 aliphatic carbocycles. The van der Waals surface area contributed by atoms with E-state index in [9.17, 15) is 22.6 Å². The quantitative estimate of drug-likeness (QED) is 0.501. The van der Waals surface area contributed by atoms with Gasteiger partial charge in [0.25, 0.3) is 10.1 Å². The molecule has 0 unspecified atom stereocenters. The van der Waals surface area contributed by atoms with Crippen molar-refractivity contribution < 1.29 is 32.0 Å². The van der Waals surface area contributed by atoms with Gasteiger partial charge in [0.1, 0.15) is 10.6 Å². The number of hydrogen-bond acceptors (Lipinski definition) is 6. The Morgan fingerprint density at radius 3 is 2.29 bits per heavy atom. The second kappa shape index (κ2) is 7.24. The number of rotatable bonds is 5. The largest absolute Gasteiger partial charge is 0.494 e. The first-order valence-electron chi connectivity index (χ1n) is 6.89. The third-order valence-electron chi connectivity index (χ3n) is 2.95. The fourth-order valence-electron chi connectivity index (χ4n) is 1.92. The Balaban J connectivity index is 2.36. The maximum atomic E-state index is 12.2. The lowest BCUT2D eigenvalue weighted by Gasteiger charge is -2.09. The Morgan fingerprint density at radius 2 is 1.71 bits per heavy atom. The fourth-order valence-corrected chi connectivity index (χ4v) is 2.58. The molecule has 0 aliphatic rings. The summed E-state index contributed by atoms with van der Waals surface area (Å²) in [5.74, 6) is -1.95. The molecule has 0 radical (unpaired) electrons. The van der Waals surface area contributed by atoms with Gasteiger partial charge in [-0.15, -0.1) is 0 Å². The van der Waals surface area contributed by atoms with Crippen molar-refractivity contribution in [3.8, 4) is 5.75 Å². The molecule has 126 valence electrons. The van der Waals surface area contributed by atoms with E-state index < -0.39 is 32.5 Å². The Kier molecular flexibility index (Phi) is 5.32. The normalized spacial score (nSPS) is 10.9. The van der Waals surface area contributed by atoms with E-state index in [0.717, 1.165) is 12.1 Å². The van der Waals surface area contributed by atoms with E-state index in [0.29, 0.717) is 0 Å². The molecule has 0 fully saturated rings. The van der Waals surface area contributed by atoms with Gasteiger partial charge in [0.2, 0.25) is 0 Å². The van der Waals surface area contributed by atoms with Crippen molar-refractivity contribution >= 4 is 22.1 Å². The first-order valence-corrected chi connectivity index (χ1v) is 8.33. The first kappa shape index (κ1) is 17.6. The standard InChI is InChI=1S/C16H14O7S/c1-2-22-12-8-9-14(24(19,20)21)13(10-12)16(18)23-15(17)11-6-4-3-5-7-11/h3-10H,2H2,1H3,(H,19,20,21). The van der Waals surface area contributed by atoms with E-state index in [1.54, 1.807) is 25.1 Å². The van der Waals surface area contributed by atoms with Gasteiger partial charge in [-0.1, -0.05) is 18.2 Å². The SMILES string of the molecule is CCOc1ccc(S(=O)(=O)O)c(C(=O)OC(=O)c2ccccc2)c1. The van der Waals surface area contributed by atoms with Crippen LogP contribution in [0.25, 0.3) is 0 Å². The lowest BCUT2D eigenvalue weighted by atomic mass is 10.2. The van der Waals surface area contributed by atoms with E-state index in [1.165, 1.54) is 18.2 Å². The molecule has 1 N–H and O–H groups in total. The minimum Gasteiger partial charge on any atom is -0.494 e. The summed E-state index contributed by atoms with van der Waals surface area (Å²) >= 11 is 0. The lowest BCUT2D eigenvalue weighted by Crippen LogP contribution is -2.16. The average molecular weight is 350 g/mol. The summed E-state index contributed by atoms with van der Waals surface area (Å²) in [6.07, 6.45) is 0. The Morgan fingerprint density at radius 1 is 1.04 bits per heavy atom. The maximum Gasteiger partial charge on any atom is 0.347 e. The zero-order valence-electron chi connectivity index (χ0n) is 12.6. The van der Waals surface area contributed by atoms with Crippen LogP contribution in [0.4, 0.5) is 0 Å². The molecule has 2 aromatic carbocycles. The predicted octanol–water partition coefficient (Wildman–Crippen LogP) is 2.33. The average Bonchev–Trinajstić information content (AvgIpc) is 2.55. The smallest absolute Gasteiger partial charge is 0.347 e.